The number of nitrogens with two attached hydrogens (primary N) is 1. The van der Waals surface area contributed by atoms with Gasteiger partial charge in [0.15, 0.2) is 0 Å². The second kappa shape index (κ2) is 3.71. The van der Waals surface area contributed by atoms with Crippen molar-refractivity contribution in [3.63, 3.8) is 0 Å². The van der Waals surface area contributed by atoms with Crippen molar-refractivity contribution in [3.05, 3.63) is 35.9 Å². The van der Waals surface area contributed by atoms with Crippen molar-refractivity contribution in [1.29, 1.82) is 0 Å². The molecule has 1 saturated carbocycles. The molecule has 1 aliphatic carbocycles. The third kappa shape index (κ3) is 1.68. The Labute approximate surface area is 84.7 Å². The van der Waals surface area contributed by atoms with Gasteiger partial charge >= 0.3 is 0 Å². The lowest BCUT2D eigenvalue weighted by atomic mass is 9.88. The molecule has 1 atom stereocenters. The first kappa shape index (κ1) is 9.69. The van der Waals surface area contributed by atoms with E-state index in [0.717, 1.165) is 31.2 Å². The molecular weight excluding hydrogens is 174 g/mol. The largest absolute Gasteiger partial charge is 0.388 e. The first-order chi connectivity index (χ1) is 6.72. The Bertz CT molecular complexity index is 290. The lowest BCUT2D eigenvalue weighted by Crippen LogP contribution is -2.38. The lowest BCUT2D eigenvalue weighted by molar-refractivity contribution is 0.0203. The quantitative estimate of drug-likeness (QED) is 0.751. The molecule has 0 aromatic heterocycles. The molecule has 0 saturated heterocycles. The van der Waals surface area contributed by atoms with E-state index in [-0.39, 0.29) is 6.04 Å². The smallest absolute Gasteiger partial charge is 0.0839 e. The van der Waals surface area contributed by atoms with E-state index in [9.17, 15) is 5.11 Å². The number of hydrogen-bond acceptors (Lipinski definition) is 2. The third-order valence-corrected chi connectivity index (χ3v) is 3.21. The van der Waals surface area contributed by atoms with Crippen LogP contribution in [0.2, 0.25) is 0 Å². The lowest BCUT2D eigenvalue weighted by Gasteiger charge is -2.29. The minimum absolute atomic E-state index is 0.230. The fourth-order valence-electron chi connectivity index (χ4n) is 2.27. The highest BCUT2D eigenvalue weighted by Gasteiger charge is 2.37. The molecule has 0 unspecified atom stereocenters. The topological polar surface area (TPSA) is 46.2 Å². The van der Waals surface area contributed by atoms with Crippen molar-refractivity contribution in [2.75, 3.05) is 0 Å². The predicted molar refractivity (Wildman–Crippen MR) is 56.8 cm³/mol. The van der Waals surface area contributed by atoms with Crippen molar-refractivity contribution >= 4 is 0 Å². The fourth-order valence-corrected chi connectivity index (χ4v) is 2.27. The first-order valence-electron chi connectivity index (χ1n) is 5.25. The van der Waals surface area contributed by atoms with Gasteiger partial charge < -0.3 is 10.8 Å². The highest BCUT2D eigenvalue weighted by atomic mass is 16.3. The van der Waals surface area contributed by atoms with Crippen LogP contribution < -0.4 is 5.73 Å². The Morgan fingerprint density at radius 1 is 1.14 bits per heavy atom. The summed E-state index contributed by atoms with van der Waals surface area (Å²) in [5.41, 5.74) is 6.46. The van der Waals surface area contributed by atoms with Crippen molar-refractivity contribution < 1.29 is 5.11 Å². The molecule has 14 heavy (non-hydrogen) atoms. The first-order valence-corrected chi connectivity index (χ1v) is 5.25. The molecule has 0 aliphatic heterocycles. The van der Waals surface area contributed by atoms with Crippen molar-refractivity contribution in [3.8, 4) is 0 Å². The summed E-state index contributed by atoms with van der Waals surface area (Å²) in [6, 6.07) is 9.64. The molecule has 0 radical (unpaired) electrons. The van der Waals surface area contributed by atoms with Gasteiger partial charge in [-0.25, -0.2) is 0 Å². The van der Waals surface area contributed by atoms with E-state index in [2.05, 4.69) is 0 Å². The van der Waals surface area contributed by atoms with Crippen LogP contribution in [0.3, 0.4) is 0 Å². The molecule has 3 N–H and O–H groups in total. The van der Waals surface area contributed by atoms with Crippen LogP contribution in [-0.2, 0) is 0 Å². The maximum absolute atomic E-state index is 10.3. The second-order valence-corrected chi connectivity index (χ2v) is 4.20. The molecule has 2 heteroatoms. The molecule has 0 bridgehead atoms. The van der Waals surface area contributed by atoms with E-state index >= 15 is 0 Å². The van der Waals surface area contributed by atoms with Crippen molar-refractivity contribution in [2.45, 2.75) is 37.3 Å². The molecule has 1 fully saturated rings. The van der Waals surface area contributed by atoms with E-state index in [1.54, 1.807) is 0 Å². The van der Waals surface area contributed by atoms with Crippen LogP contribution in [0.1, 0.15) is 37.3 Å². The van der Waals surface area contributed by atoms with Gasteiger partial charge in [0.25, 0.3) is 0 Å². The average molecular weight is 191 g/mol. The molecule has 0 amide bonds. The van der Waals surface area contributed by atoms with Gasteiger partial charge in [0, 0.05) is 0 Å². The molecule has 0 heterocycles. The monoisotopic (exact) mass is 191 g/mol. The van der Waals surface area contributed by atoms with Gasteiger partial charge in [-0.05, 0) is 18.4 Å². The Hall–Kier alpha value is -0.860. The number of aliphatic hydroxyl groups is 1. The van der Waals surface area contributed by atoms with Gasteiger partial charge in [-0.2, -0.15) is 0 Å². The zero-order valence-corrected chi connectivity index (χ0v) is 8.32. The standard InChI is InChI=1S/C12H17NO/c13-11(10-6-2-1-3-7-10)12(14)8-4-5-9-12/h1-3,6-7,11,14H,4-5,8-9,13H2/t11-/m0/s1. The van der Waals surface area contributed by atoms with Crippen molar-refractivity contribution in [2.24, 2.45) is 5.73 Å². The van der Waals surface area contributed by atoms with Crippen molar-refractivity contribution in [1.82, 2.24) is 0 Å². The van der Waals surface area contributed by atoms with E-state index in [1.165, 1.54) is 0 Å². The second-order valence-electron chi connectivity index (χ2n) is 4.20. The Morgan fingerprint density at radius 2 is 1.71 bits per heavy atom. The Balaban J connectivity index is 2.19. The summed E-state index contributed by atoms with van der Waals surface area (Å²) in [7, 11) is 0. The van der Waals surface area contributed by atoms with E-state index in [0.29, 0.717) is 0 Å². The van der Waals surface area contributed by atoms with Gasteiger partial charge in [0.1, 0.15) is 0 Å². The normalized spacial score (nSPS) is 22.1. The molecule has 1 aromatic carbocycles. The zero-order valence-electron chi connectivity index (χ0n) is 8.32. The maximum atomic E-state index is 10.3. The Kier molecular flexibility index (Phi) is 2.57. The molecule has 2 rings (SSSR count). The van der Waals surface area contributed by atoms with Gasteiger partial charge in [-0.1, -0.05) is 43.2 Å². The van der Waals surface area contributed by atoms with Gasteiger partial charge in [-0.3, -0.25) is 0 Å². The number of rotatable bonds is 2. The molecular formula is C12H17NO. The SMILES string of the molecule is N[C@@H](c1ccccc1)C1(O)CCCC1. The third-order valence-electron chi connectivity index (χ3n) is 3.21. The van der Waals surface area contributed by atoms with Gasteiger partial charge in [0.05, 0.1) is 11.6 Å². The highest BCUT2D eigenvalue weighted by molar-refractivity contribution is 5.22. The van der Waals surface area contributed by atoms with Crippen LogP contribution in [0.5, 0.6) is 0 Å². The molecule has 1 aromatic rings. The maximum Gasteiger partial charge on any atom is 0.0839 e. The van der Waals surface area contributed by atoms with E-state index in [1.807, 2.05) is 30.3 Å². The summed E-state index contributed by atoms with van der Waals surface area (Å²) < 4.78 is 0. The van der Waals surface area contributed by atoms with Crippen LogP contribution in [0.4, 0.5) is 0 Å². The number of hydrogen-bond donors (Lipinski definition) is 2. The summed E-state index contributed by atoms with van der Waals surface area (Å²) in [5, 5.41) is 10.3. The predicted octanol–water partition coefficient (Wildman–Crippen LogP) is 1.99. The molecule has 76 valence electrons. The van der Waals surface area contributed by atoms with Gasteiger partial charge in [-0.15, -0.1) is 0 Å². The highest BCUT2D eigenvalue weighted by Crippen LogP contribution is 2.38. The summed E-state index contributed by atoms with van der Waals surface area (Å²) in [4.78, 5) is 0. The summed E-state index contributed by atoms with van der Waals surface area (Å²) >= 11 is 0. The minimum atomic E-state index is -0.665. The average Bonchev–Trinajstić information content (AvgIpc) is 2.67. The van der Waals surface area contributed by atoms with Crippen LogP contribution in [0.25, 0.3) is 0 Å². The molecule has 2 nitrogen and oxygen atoms in total. The van der Waals surface area contributed by atoms with Gasteiger partial charge in [0.2, 0.25) is 0 Å². The van der Waals surface area contributed by atoms with Crippen LogP contribution in [-0.4, -0.2) is 10.7 Å². The summed E-state index contributed by atoms with van der Waals surface area (Å²) in [5.74, 6) is 0. The Morgan fingerprint density at radius 3 is 2.29 bits per heavy atom. The molecule has 0 spiro atoms. The van der Waals surface area contributed by atoms with Crippen LogP contribution >= 0.6 is 0 Å². The van der Waals surface area contributed by atoms with Crippen LogP contribution in [0.15, 0.2) is 30.3 Å². The fraction of sp³-hybridized carbons (Fsp3) is 0.500. The minimum Gasteiger partial charge on any atom is -0.388 e. The van der Waals surface area contributed by atoms with Crippen LogP contribution in [0, 0.1) is 0 Å². The van der Waals surface area contributed by atoms with E-state index < -0.39 is 5.60 Å². The summed E-state index contributed by atoms with van der Waals surface area (Å²) in [6.45, 7) is 0. The molecule has 1 aliphatic rings. The zero-order chi connectivity index (χ0) is 10.0. The van der Waals surface area contributed by atoms with E-state index in [4.69, 9.17) is 5.73 Å². The summed E-state index contributed by atoms with van der Waals surface area (Å²) in [6.07, 6.45) is 3.86. The number of benzene rings is 1.